The van der Waals surface area contributed by atoms with Crippen LogP contribution in [0.5, 0.6) is 0 Å². The maximum absolute atomic E-state index is 13.7. The summed E-state index contributed by atoms with van der Waals surface area (Å²) in [6, 6.07) is 9.05. The van der Waals surface area contributed by atoms with Gasteiger partial charge in [0.25, 0.3) is 5.91 Å². The average Bonchev–Trinajstić information content (AvgIpc) is 3.34. The minimum atomic E-state index is -0.985. The predicted octanol–water partition coefficient (Wildman–Crippen LogP) is 4.34. The highest BCUT2D eigenvalue weighted by Crippen LogP contribution is 2.68. The predicted molar refractivity (Wildman–Crippen MR) is 180 cm³/mol. The number of amides is 2. The van der Waals surface area contributed by atoms with Crippen molar-refractivity contribution in [2.75, 3.05) is 32.7 Å². The lowest BCUT2D eigenvalue weighted by atomic mass is 9.44. The normalized spacial score (nSPS) is 41.7. The summed E-state index contributed by atoms with van der Waals surface area (Å²) in [7, 11) is 0. The Kier molecular flexibility index (Phi) is 7.51. The van der Waals surface area contributed by atoms with E-state index in [0.29, 0.717) is 61.7 Å². The summed E-state index contributed by atoms with van der Waals surface area (Å²) in [5.41, 5.74) is 0.418. The zero-order chi connectivity index (χ0) is 32.7. The molecule has 1 aromatic carbocycles. The van der Waals surface area contributed by atoms with Gasteiger partial charge in [-0.2, -0.15) is 0 Å². The zero-order valence-electron chi connectivity index (χ0n) is 28.0. The van der Waals surface area contributed by atoms with Crippen molar-refractivity contribution in [3.05, 3.63) is 42.1 Å². The molecule has 3 heterocycles. The number of rotatable bonds is 3. The van der Waals surface area contributed by atoms with Gasteiger partial charge in [0.1, 0.15) is 11.6 Å². The molecule has 10 atom stereocenters. The number of carbonyl (C=O) groups excluding carboxylic acids is 2. The second-order valence-electron chi connectivity index (χ2n) is 16.3. The van der Waals surface area contributed by atoms with Crippen molar-refractivity contribution in [3.63, 3.8) is 0 Å². The van der Waals surface area contributed by atoms with Crippen molar-refractivity contribution in [1.29, 1.82) is 0 Å². The number of terminal acetylenes is 1. The number of benzene rings is 1. The van der Waals surface area contributed by atoms with Crippen LogP contribution in [0.3, 0.4) is 0 Å². The number of likely N-dealkylation sites (tertiary alicyclic amines) is 1. The van der Waals surface area contributed by atoms with Gasteiger partial charge in [0.05, 0.1) is 11.6 Å². The van der Waals surface area contributed by atoms with Crippen LogP contribution in [0.15, 0.2) is 36.5 Å². The van der Waals surface area contributed by atoms with E-state index in [0.717, 1.165) is 62.5 Å². The number of nitrogens with zero attached hydrogens (tertiary/aromatic N) is 4. The van der Waals surface area contributed by atoms with Crippen LogP contribution in [-0.2, 0) is 4.79 Å². The minimum absolute atomic E-state index is 0.0480. The molecule has 250 valence electrons. The quantitative estimate of drug-likeness (QED) is 0.486. The van der Waals surface area contributed by atoms with Gasteiger partial charge in [0, 0.05) is 61.3 Å². The Morgan fingerprint density at radius 1 is 0.979 bits per heavy atom. The maximum atomic E-state index is 13.7. The molecule has 47 heavy (non-hydrogen) atoms. The monoisotopic (exact) mass is 638 g/mol. The van der Waals surface area contributed by atoms with Crippen molar-refractivity contribution in [1.82, 2.24) is 19.7 Å². The summed E-state index contributed by atoms with van der Waals surface area (Å²) < 4.78 is 0. The summed E-state index contributed by atoms with van der Waals surface area (Å²) in [4.78, 5) is 37.6. The molecule has 2 amide bonds. The standard InChI is InChI=1S/C39H50N4O4/c1-4-39(47)15-12-30-28-9-8-27-23-34(44)33(24-37(27,2)29(28)11-14-38(30,39)3)41-18-20-42(21-19-41)36(46)32-13-17-43(32)35(45)26-7-10-31-25(22-26)6-5-16-40-31/h1,5-7,10,16,22,27-30,32-34,44,47H,8-9,11-15,17-21,23-24H2,2-3H3/t27?,28-,29+,30+,32+,33+,34+,37+,38+,39+/m1/s1. The average molecular weight is 639 g/mol. The lowest BCUT2D eigenvalue weighted by Gasteiger charge is -2.63. The van der Waals surface area contributed by atoms with E-state index in [4.69, 9.17) is 6.42 Å². The summed E-state index contributed by atoms with van der Waals surface area (Å²) in [6.45, 7) is 8.10. The van der Waals surface area contributed by atoms with E-state index in [1.807, 2.05) is 35.2 Å². The highest BCUT2D eigenvalue weighted by atomic mass is 16.3. The zero-order valence-corrected chi connectivity index (χ0v) is 28.0. The molecule has 8 nitrogen and oxygen atoms in total. The first-order valence-corrected chi connectivity index (χ1v) is 18.1. The number of aliphatic hydroxyl groups is 2. The molecule has 2 aromatic rings. The molecule has 4 saturated carbocycles. The van der Waals surface area contributed by atoms with E-state index in [-0.39, 0.29) is 34.8 Å². The third-order valence-electron chi connectivity index (χ3n) is 14.6. The summed E-state index contributed by atoms with van der Waals surface area (Å²) in [5, 5.41) is 23.8. The highest BCUT2D eigenvalue weighted by Gasteiger charge is 2.65. The van der Waals surface area contributed by atoms with Crippen LogP contribution in [0.4, 0.5) is 0 Å². The first kappa shape index (κ1) is 31.3. The Balaban J connectivity index is 0.914. The van der Waals surface area contributed by atoms with E-state index in [2.05, 4.69) is 29.7 Å². The number of hydrogen-bond acceptors (Lipinski definition) is 6. The molecule has 6 fully saturated rings. The van der Waals surface area contributed by atoms with Crippen molar-refractivity contribution in [2.24, 2.45) is 34.5 Å². The fraction of sp³-hybridized carbons (Fsp3) is 0.667. The molecule has 0 radical (unpaired) electrons. The summed E-state index contributed by atoms with van der Waals surface area (Å²) >= 11 is 0. The van der Waals surface area contributed by atoms with E-state index >= 15 is 0 Å². The van der Waals surface area contributed by atoms with Gasteiger partial charge in [-0.3, -0.25) is 19.5 Å². The number of pyridine rings is 1. The third kappa shape index (κ3) is 4.70. The topological polar surface area (TPSA) is 97.2 Å². The van der Waals surface area contributed by atoms with E-state index < -0.39 is 11.6 Å². The molecule has 1 unspecified atom stereocenters. The molecule has 0 spiro atoms. The maximum Gasteiger partial charge on any atom is 0.254 e. The highest BCUT2D eigenvalue weighted by molar-refractivity contribution is 6.01. The number of aliphatic hydroxyl groups excluding tert-OH is 1. The Labute approximate surface area is 278 Å². The molecule has 1 aromatic heterocycles. The molecule has 2 N–H and O–H groups in total. The van der Waals surface area contributed by atoms with E-state index in [1.165, 1.54) is 6.42 Å². The number of carbonyl (C=O) groups is 2. The van der Waals surface area contributed by atoms with Crippen LogP contribution in [0.1, 0.15) is 82.0 Å². The number of piperazine rings is 1. The number of hydrogen-bond donors (Lipinski definition) is 2. The Hall–Kier alpha value is -2.99. The Morgan fingerprint density at radius 2 is 1.77 bits per heavy atom. The number of aromatic nitrogens is 1. The van der Waals surface area contributed by atoms with Crippen LogP contribution in [-0.4, -0.2) is 98.2 Å². The molecule has 2 saturated heterocycles. The molecule has 6 aliphatic rings. The fourth-order valence-electron chi connectivity index (χ4n) is 11.6. The summed E-state index contributed by atoms with van der Waals surface area (Å²) in [6.07, 6.45) is 16.0. The largest absolute Gasteiger partial charge is 0.391 e. The fourth-order valence-corrected chi connectivity index (χ4v) is 11.6. The molecule has 0 bridgehead atoms. The van der Waals surface area contributed by atoms with Gasteiger partial charge in [-0.1, -0.05) is 25.8 Å². The van der Waals surface area contributed by atoms with Crippen LogP contribution < -0.4 is 0 Å². The van der Waals surface area contributed by atoms with Gasteiger partial charge in [0.15, 0.2) is 0 Å². The molecule has 4 aliphatic carbocycles. The van der Waals surface area contributed by atoms with Crippen molar-refractivity contribution < 1.29 is 19.8 Å². The van der Waals surface area contributed by atoms with E-state index in [9.17, 15) is 19.8 Å². The Morgan fingerprint density at radius 3 is 2.51 bits per heavy atom. The molecular formula is C39H50N4O4. The first-order valence-electron chi connectivity index (χ1n) is 18.1. The van der Waals surface area contributed by atoms with Crippen LogP contribution in [0.25, 0.3) is 10.9 Å². The van der Waals surface area contributed by atoms with E-state index in [1.54, 1.807) is 11.1 Å². The second-order valence-corrected chi connectivity index (χ2v) is 16.3. The second kappa shape index (κ2) is 11.3. The lowest BCUT2D eigenvalue weighted by molar-refractivity contribution is -0.163. The summed E-state index contributed by atoms with van der Waals surface area (Å²) in [5.74, 6) is 4.94. The molecular weight excluding hydrogens is 588 g/mol. The van der Waals surface area contributed by atoms with Gasteiger partial charge in [0.2, 0.25) is 5.91 Å². The molecule has 8 heteroatoms. The Bertz CT molecular complexity index is 1620. The minimum Gasteiger partial charge on any atom is -0.391 e. The van der Waals surface area contributed by atoms with Crippen molar-refractivity contribution >= 4 is 22.7 Å². The number of fused-ring (bicyclic) bond motifs is 6. The van der Waals surface area contributed by atoms with Gasteiger partial charge < -0.3 is 20.0 Å². The lowest BCUT2D eigenvalue weighted by Crippen LogP contribution is -2.64. The van der Waals surface area contributed by atoms with Gasteiger partial charge in [-0.05, 0) is 111 Å². The smallest absolute Gasteiger partial charge is 0.254 e. The van der Waals surface area contributed by atoms with Crippen LogP contribution in [0, 0.1) is 46.8 Å². The third-order valence-corrected chi connectivity index (χ3v) is 14.6. The van der Waals surface area contributed by atoms with Crippen molar-refractivity contribution in [2.45, 2.75) is 95.4 Å². The molecule has 2 aliphatic heterocycles. The van der Waals surface area contributed by atoms with Gasteiger partial charge in [-0.15, -0.1) is 6.42 Å². The molecule has 8 rings (SSSR count). The first-order chi connectivity index (χ1) is 22.6. The van der Waals surface area contributed by atoms with Gasteiger partial charge >= 0.3 is 0 Å². The SMILES string of the molecule is C#C[C@]1(O)CC[C@H]2[C@@H]3CCC4C[C@H](O)[C@@H](N5CCN(C(=O)[C@@H]6CCN6C(=O)c6ccc7ncccc7c6)CC5)C[C@]4(C)[C@H]3CC[C@@]21C. The van der Waals surface area contributed by atoms with Crippen molar-refractivity contribution in [3.8, 4) is 12.3 Å². The van der Waals surface area contributed by atoms with Gasteiger partial charge in [-0.25, -0.2) is 0 Å². The van der Waals surface area contributed by atoms with Crippen LogP contribution in [0.2, 0.25) is 0 Å². The van der Waals surface area contributed by atoms with Crippen LogP contribution >= 0.6 is 0 Å².